The number of amidine groups is 1. The fourth-order valence-corrected chi connectivity index (χ4v) is 12.6. The van der Waals surface area contributed by atoms with Crippen LogP contribution in [0.1, 0.15) is 133 Å². The second-order valence-electron chi connectivity index (χ2n) is 20.6. The summed E-state index contributed by atoms with van der Waals surface area (Å²) in [5, 5.41) is 1.35. The van der Waals surface area contributed by atoms with Crippen LogP contribution in [0.2, 0.25) is 0 Å². The zero-order chi connectivity index (χ0) is 45.5. The molecule has 0 aliphatic heterocycles. The fourth-order valence-electron chi connectivity index (χ4n) is 12.6. The first-order valence-electron chi connectivity index (χ1n) is 25.7. The molecule has 8 aliphatic carbocycles. The molecule has 1 aromatic heterocycles. The van der Waals surface area contributed by atoms with Gasteiger partial charge in [-0.25, -0.2) is 9.98 Å². The Labute approximate surface area is 400 Å². The van der Waals surface area contributed by atoms with Gasteiger partial charge < -0.3 is 4.57 Å². The standard InChI is InChI=1S/C64H67N3/c1-5-19-61(66-63(65-43(2)44-20-9-6-10-21-44)48-34-32-47(33-35-48)45-22-11-7-12-23-45)67-59-39-37-51(50-27-17-26-49(40-50)46-24-13-8-14-25-46)41-57(59)55-38-36-52(42-60(55)67)53-29-18-30-56-54-28-15-16-31-58(54)64(3,4)62(53)56/h6,8-9,11,13,15-16,18,20,22-24,27-32,34-40,42,47,51,54,58,61H,5,7,10,12,14,17,19,21,25-26,33,41H2,1-4H3. The summed E-state index contributed by atoms with van der Waals surface area (Å²) in [6.45, 7) is 9.43. The van der Waals surface area contributed by atoms with E-state index in [0.717, 1.165) is 94.2 Å². The third-order valence-corrected chi connectivity index (χ3v) is 16.1. The predicted molar refractivity (Wildman–Crippen MR) is 286 cm³/mol. The van der Waals surface area contributed by atoms with Crippen molar-refractivity contribution in [3.63, 3.8) is 0 Å². The molecule has 5 unspecified atom stereocenters. The molecule has 0 radical (unpaired) electrons. The first kappa shape index (κ1) is 43.5. The van der Waals surface area contributed by atoms with Crippen LogP contribution in [0.4, 0.5) is 0 Å². The smallest absolute Gasteiger partial charge is 0.156 e. The number of aliphatic imine (C=N–C) groups is 2. The maximum Gasteiger partial charge on any atom is 0.156 e. The molecule has 1 heterocycles. The van der Waals surface area contributed by atoms with E-state index in [9.17, 15) is 0 Å². The number of hydrogen-bond donors (Lipinski definition) is 0. The SMILES string of the molecule is CCCC(N=C(N=C(C)C1=CC=CCC1)C1=CCC(C2=CCCC=C2)C=C1)n1c2c(c3ccc(-c4cccc5c4C(C)(C)C4C=CC=CC54)cc31)CC(C1=CCCC(C3=CC=CCC3)=C1)C=C2. The molecule has 0 fully saturated rings. The summed E-state index contributed by atoms with van der Waals surface area (Å²) >= 11 is 0. The lowest BCUT2D eigenvalue weighted by Crippen LogP contribution is -2.25. The van der Waals surface area contributed by atoms with Gasteiger partial charge in [0.1, 0.15) is 6.17 Å². The normalized spacial score (nSPS) is 25.5. The number of allylic oxidation sites excluding steroid dienone is 23. The molecular weight excluding hydrogens is 811 g/mol. The topological polar surface area (TPSA) is 29.6 Å². The molecule has 0 amide bonds. The minimum Gasteiger partial charge on any atom is -0.318 e. The van der Waals surface area contributed by atoms with Gasteiger partial charge in [-0.3, -0.25) is 0 Å². The molecule has 5 atom stereocenters. The van der Waals surface area contributed by atoms with Gasteiger partial charge in [-0.1, -0.05) is 173 Å². The van der Waals surface area contributed by atoms with Crippen LogP contribution in [-0.2, 0) is 11.8 Å². The van der Waals surface area contributed by atoms with Crippen LogP contribution in [0.3, 0.4) is 0 Å². The molecule has 67 heavy (non-hydrogen) atoms. The van der Waals surface area contributed by atoms with E-state index in [2.05, 4.69) is 190 Å². The first-order valence-corrected chi connectivity index (χ1v) is 25.7. The third kappa shape index (κ3) is 8.27. The van der Waals surface area contributed by atoms with Crippen molar-refractivity contribution >= 4 is 28.5 Å². The van der Waals surface area contributed by atoms with E-state index in [-0.39, 0.29) is 11.6 Å². The van der Waals surface area contributed by atoms with Crippen molar-refractivity contribution in [1.29, 1.82) is 0 Å². The summed E-state index contributed by atoms with van der Waals surface area (Å²) in [4.78, 5) is 11.4. The molecule has 8 aliphatic rings. The molecule has 3 nitrogen and oxygen atoms in total. The Morgan fingerprint density at radius 1 is 0.776 bits per heavy atom. The molecule has 3 heteroatoms. The van der Waals surface area contributed by atoms with Crippen molar-refractivity contribution in [2.45, 2.75) is 122 Å². The molecule has 2 aromatic carbocycles. The van der Waals surface area contributed by atoms with Gasteiger partial charge in [0.25, 0.3) is 0 Å². The minimum absolute atomic E-state index is 0.00146. The van der Waals surface area contributed by atoms with E-state index < -0.39 is 0 Å². The van der Waals surface area contributed by atoms with E-state index in [1.54, 1.807) is 0 Å². The summed E-state index contributed by atoms with van der Waals surface area (Å²) in [6.07, 6.45) is 59.8. The summed E-state index contributed by atoms with van der Waals surface area (Å²) in [7, 11) is 0. The highest BCUT2D eigenvalue weighted by atomic mass is 15.2. The molecule has 0 saturated carbocycles. The quantitative estimate of drug-likeness (QED) is 0.143. The third-order valence-electron chi connectivity index (χ3n) is 16.1. The Morgan fingerprint density at radius 2 is 1.61 bits per heavy atom. The minimum atomic E-state index is -0.141. The lowest BCUT2D eigenvalue weighted by atomic mass is 9.73. The van der Waals surface area contributed by atoms with Crippen molar-refractivity contribution in [2.75, 3.05) is 0 Å². The molecule has 0 saturated heterocycles. The van der Waals surface area contributed by atoms with Gasteiger partial charge in [0.15, 0.2) is 5.84 Å². The fraction of sp³-hybridized carbons (Fsp3) is 0.344. The number of hydrogen-bond acceptors (Lipinski definition) is 1. The van der Waals surface area contributed by atoms with Crippen LogP contribution in [0.25, 0.3) is 28.1 Å². The maximum absolute atomic E-state index is 5.88. The Hall–Kier alpha value is -6.06. The Morgan fingerprint density at radius 3 is 2.40 bits per heavy atom. The van der Waals surface area contributed by atoms with Crippen LogP contribution in [0.15, 0.2) is 195 Å². The van der Waals surface area contributed by atoms with Crippen LogP contribution >= 0.6 is 0 Å². The van der Waals surface area contributed by atoms with E-state index in [4.69, 9.17) is 9.98 Å². The highest BCUT2D eigenvalue weighted by Gasteiger charge is 2.46. The van der Waals surface area contributed by atoms with Gasteiger partial charge in [-0.15, -0.1) is 0 Å². The zero-order valence-electron chi connectivity index (χ0n) is 40.2. The van der Waals surface area contributed by atoms with Gasteiger partial charge in [-0.2, -0.15) is 0 Å². The number of fused-ring (bicyclic) bond motifs is 6. The predicted octanol–water partition coefficient (Wildman–Crippen LogP) is 16.7. The van der Waals surface area contributed by atoms with Crippen molar-refractivity contribution in [3.05, 3.63) is 208 Å². The number of benzene rings is 2. The van der Waals surface area contributed by atoms with Gasteiger partial charge >= 0.3 is 0 Å². The summed E-state index contributed by atoms with van der Waals surface area (Å²) in [5.41, 5.74) is 19.1. The van der Waals surface area contributed by atoms with Gasteiger partial charge in [0.2, 0.25) is 0 Å². The highest BCUT2D eigenvalue weighted by molar-refractivity contribution is 6.12. The summed E-state index contributed by atoms with van der Waals surface area (Å²) < 4.78 is 2.63. The molecule has 3 aromatic rings. The Balaban J connectivity index is 1.06. The Bertz CT molecular complexity index is 2970. The maximum atomic E-state index is 5.88. The second-order valence-corrected chi connectivity index (χ2v) is 20.6. The summed E-state index contributed by atoms with van der Waals surface area (Å²) in [6, 6.07) is 14.5. The molecule has 338 valence electrons. The molecule has 0 N–H and O–H groups in total. The number of aromatic nitrogens is 1. The average molecular weight is 878 g/mol. The van der Waals surface area contributed by atoms with Crippen molar-refractivity contribution in [2.24, 2.45) is 27.7 Å². The van der Waals surface area contributed by atoms with Crippen molar-refractivity contribution in [3.8, 4) is 11.1 Å². The lowest BCUT2D eigenvalue weighted by molar-refractivity contribution is 0.395. The number of rotatable bonds is 10. The summed E-state index contributed by atoms with van der Waals surface area (Å²) in [5.74, 6) is 2.43. The van der Waals surface area contributed by atoms with Crippen LogP contribution < -0.4 is 0 Å². The second kappa shape index (κ2) is 18.6. The van der Waals surface area contributed by atoms with Gasteiger partial charge in [0.05, 0.1) is 5.52 Å². The highest BCUT2D eigenvalue weighted by Crippen LogP contribution is 2.56. The van der Waals surface area contributed by atoms with Crippen LogP contribution in [0.5, 0.6) is 0 Å². The monoisotopic (exact) mass is 878 g/mol. The van der Waals surface area contributed by atoms with Crippen molar-refractivity contribution in [1.82, 2.24) is 4.57 Å². The van der Waals surface area contributed by atoms with E-state index in [1.165, 1.54) is 72.3 Å². The largest absolute Gasteiger partial charge is 0.318 e. The van der Waals surface area contributed by atoms with Crippen molar-refractivity contribution < 1.29 is 0 Å². The molecular formula is C64H67N3. The van der Waals surface area contributed by atoms with Gasteiger partial charge in [-0.05, 0) is 157 Å². The van der Waals surface area contributed by atoms with Gasteiger partial charge in [0, 0.05) is 40.1 Å². The number of nitrogens with zero attached hydrogens (tertiary/aromatic N) is 3. The van der Waals surface area contributed by atoms with Crippen LogP contribution in [-0.4, -0.2) is 16.1 Å². The van der Waals surface area contributed by atoms with E-state index in [0.29, 0.717) is 23.7 Å². The molecule has 0 spiro atoms. The Kier molecular flexibility index (Phi) is 12.0. The van der Waals surface area contributed by atoms with E-state index in [1.807, 2.05) is 0 Å². The first-order chi connectivity index (χ1) is 32.9. The molecule has 11 rings (SSSR count). The molecule has 0 bridgehead atoms. The van der Waals surface area contributed by atoms with Crippen LogP contribution in [0, 0.1) is 17.8 Å². The van der Waals surface area contributed by atoms with E-state index >= 15 is 0 Å². The average Bonchev–Trinajstić information content (AvgIpc) is 3.84. The zero-order valence-corrected chi connectivity index (χ0v) is 40.2. The lowest BCUT2D eigenvalue weighted by Gasteiger charge is -2.30.